The number of carbonyl (C=O) groups excluding carboxylic acids is 2. The summed E-state index contributed by atoms with van der Waals surface area (Å²) in [5, 5.41) is 3.35. The monoisotopic (exact) mass is 386 g/mol. The molecular weight excluding hydrogens is 364 g/mol. The third-order valence-corrected chi connectivity index (χ3v) is 4.30. The van der Waals surface area contributed by atoms with Crippen LogP contribution in [-0.2, 0) is 20.9 Å². The Balaban J connectivity index is 1.75. The summed E-state index contributed by atoms with van der Waals surface area (Å²) in [5.41, 5.74) is 3.80. The third-order valence-electron chi connectivity index (χ3n) is 3.90. The van der Waals surface area contributed by atoms with Crippen LogP contribution in [0.15, 0.2) is 48.5 Å². The molecule has 0 fully saturated rings. The number of nitrogens with one attached hydrogen (secondary N) is 1. The number of hydrogen-bond acceptors (Lipinski definition) is 4. The largest absolute Gasteiger partial charge is 0.452 e. The first-order chi connectivity index (χ1) is 12.8. The predicted molar refractivity (Wildman–Crippen MR) is 109 cm³/mol. The number of rotatable bonds is 7. The lowest BCUT2D eigenvalue weighted by atomic mass is 10.1. The third kappa shape index (κ3) is 6.79. The minimum absolute atomic E-state index is 0.326. The van der Waals surface area contributed by atoms with E-state index in [-0.39, 0.29) is 12.5 Å². The van der Waals surface area contributed by atoms with Crippen molar-refractivity contribution in [3.8, 4) is 0 Å². The molecule has 0 heterocycles. The summed E-state index contributed by atoms with van der Waals surface area (Å²) < 4.78 is 4.94. The standard InChI is InChI=1S/C21H23ClN2O3/c1-15-4-5-16(12-19(15)22)8-11-21(26)27-14-20(25)23-13-17-6-9-18(10-7-17)24(2)3/h4-12H,13-14H2,1-3H3,(H,23,25)/b11-8+. The highest BCUT2D eigenvalue weighted by Gasteiger charge is 2.05. The maximum absolute atomic E-state index is 11.8. The predicted octanol–water partition coefficient (Wildman–Crippen LogP) is 3.59. The van der Waals surface area contributed by atoms with Crippen molar-refractivity contribution in [2.45, 2.75) is 13.5 Å². The van der Waals surface area contributed by atoms with E-state index in [1.54, 1.807) is 12.1 Å². The van der Waals surface area contributed by atoms with Crippen molar-refractivity contribution in [3.05, 3.63) is 70.3 Å². The van der Waals surface area contributed by atoms with Crippen LogP contribution >= 0.6 is 11.6 Å². The second-order valence-corrected chi connectivity index (χ2v) is 6.69. The molecule has 0 aromatic heterocycles. The minimum atomic E-state index is -0.586. The van der Waals surface area contributed by atoms with Gasteiger partial charge in [-0.2, -0.15) is 0 Å². The van der Waals surface area contributed by atoms with Gasteiger partial charge in [0.15, 0.2) is 6.61 Å². The molecule has 0 unspecified atom stereocenters. The van der Waals surface area contributed by atoms with Crippen molar-refractivity contribution in [2.75, 3.05) is 25.6 Å². The first-order valence-corrected chi connectivity index (χ1v) is 8.87. The number of benzene rings is 2. The van der Waals surface area contributed by atoms with Crippen molar-refractivity contribution < 1.29 is 14.3 Å². The number of nitrogens with zero attached hydrogens (tertiary/aromatic N) is 1. The van der Waals surface area contributed by atoms with Gasteiger partial charge in [-0.1, -0.05) is 35.9 Å². The highest BCUT2D eigenvalue weighted by Crippen LogP contribution is 2.17. The van der Waals surface area contributed by atoms with E-state index in [4.69, 9.17) is 16.3 Å². The summed E-state index contributed by atoms with van der Waals surface area (Å²) in [4.78, 5) is 25.5. The fraction of sp³-hybridized carbons (Fsp3) is 0.238. The van der Waals surface area contributed by atoms with E-state index in [2.05, 4.69) is 5.32 Å². The Bertz CT molecular complexity index is 830. The van der Waals surface area contributed by atoms with E-state index in [0.717, 1.165) is 22.4 Å². The molecule has 1 amide bonds. The summed E-state index contributed by atoms with van der Waals surface area (Å²) in [6.45, 7) is 1.95. The summed E-state index contributed by atoms with van der Waals surface area (Å²) in [7, 11) is 3.93. The lowest BCUT2D eigenvalue weighted by molar-refractivity contribution is -0.143. The van der Waals surface area contributed by atoms with Gasteiger partial charge in [-0.25, -0.2) is 4.79 Å². The SMILES string of the molecule is Cc1ccc(/C=C/C(=O)OCC(=O)NCc2ccc(N(C)C)cc2)cc1Cl. The average molecular weight is 387 g/mol. The first-order valence-electron chi connectivity index (χ1n) is 8.49. The van der Waals surface area contributed by atoms with Crippen LogP contribution in [0.1, 0.15) is 16.7 Å². The number of aryl methyl sites for hydroxylation is 1. The van der Waals surface area contributed by atoms with Crippen LogP contribution in [0.5, 0.6) is 0 Å². The average Bonchev–Trinajstić information content (AvgIpc) is 2.66. The molecule has 6 heteroatoms. The maximum atomic E-state index is 11.8. The second-order valence-electron chi connectivity index (χ2n) is 6.29. The second kappa shape index (κ2) is 9.78. The van der Waals surface area contributed by atoms with Crippen molar-refractivity contribution in [2.24, 2.45) is 0 Å². The van der Waals surface area contributed by atoms with Crippen molar-refractivity contribution in [1.29, 1.82) is 0 Å². The molecule has 2 aromatic rings. The number of esters is 1. The molecule has 0 spiro atoms. The molecule has 0 saturated heterocycles. The van der Waals surface area contributed by atoms with Gasteiger partial charge >= 0.3 is 5.97 Å². The maximum Gasteiger partial charge on any atom is 0.331 e. The van der Waals surface area contributed by atoms with E-state index in [1.807, 2.05) is 62.3 Å². The summed E-state index contributed by atoms with van der Waals surface area (Å²) >= 11 is 6.04. The van der Waals surface area contributed by atoms with Crippen LogP contribution in [0, 0.1) is 6.92 Å². The molecule has 0 aliphatic heterocycles. The van der Waals surface area contributed by atoms with Crippen LogP contribution in [0.25, 0.3) is 6.08 Å². The number of anilines is 1. The highest BCUT2D eigenvalue weighted by molar-refractivity contribution is 6.31. The Morgan fingerprint density at radius 3 is 2.48 bits per heavy atom. The van der Waals surface area contributed by atoms with Gasteiger partial charge in [-0.3, -0.25) is 4.79 Å². The fourth-order valence-electron chi connectivity index (χ4n) is 2.23. The van der Waals surface area contributed by atoms with Gasteiger partial charge in [0, 0.05) is 37.4 Å². The molecule has 0 saturated carbocycles. The minimum Gasteiger partial charge on any atom is -0.452 e. The lowest BCUT2D eigenvalue weighted by Crippen LogP contribution is -2.28. The normalized spacial score (nSPS) is 10.7. The number of hydrogen-bond donors (Lipinski definition) is 1. The summed E-state index contributed by atoms with van der Waals surface area (Å²) in [6, 6.07) is 13.3. The van der Waals surface area contributed by atoms with Crippen molar-refractivity contribution >= 4 is 35.2 Å². The molecule has 0 radical (unpaired) electrons. The smallest absolute Gasteiger partial charge is 0.331 e. The number of amides is 1. The first kappa shape index (κ1) is 20.5. The van der Waals surface area contributed by atoms with Gasteiger partial charge in [-0.05, 0) is 47.9 Å². The highest BCUT2D eigenvalue weighted by atomic mass is 35.5. The van der Waals surface area contributed by atoms with Crippen molar-refractivity contribution in [3.63, 3.8) is 0 Å². The van der Waals surface area contributed by atoms with E-state index in [0.29, 0.717) is 11.6 Å². The topological polar surface area (TPSA) is 58.6 Å². The Morgan fingerprint density at radius 1 is 1.15 bits per heavy atom. The van der Waals surface area contributed by atoms with Crippen LogP contribution in [0.3, 0.4) is 0 Å². The van der Waals surface area contributed by atoms with Crippen LogP contribution in [0.2, 0.25) is 5.02 Å². The zero-order valence-corrected chi connectivity index (χ0v) is 16.4. The molecule has 0 aliphatic rings. The molecule has 1 N–H and O–H groups in total. The molecule has 0 aliphatic carbocycles. The summed E-state index contributed by atoms with van der Waals surface area (Å²) in [5.74, 6) is -0.941. The molecule has 27 heavy (non-hydrogen) atoms. The van der Waals surface area contributed by atoms with Crippen LogP contribution in [-0.4, -0.2) is 32.6 Å². The molecule has 2 aromatic carbocycles. The number of halogens is 1. The van der Waals surface area contributed by atoms with Gasteiger partial charge < -0.3 is 15.0 Å². The zero-order valence-electron chi connectivity index (χ0n) is 15.7. The fourth-order valence-corrected chi connectivity index (χ4v) is 2.41. The Hall–Kier alpha value is -2.79. The Morgan fingerprint density at radius 2 is 1.85 bits per heavy atom. The van der Waals surface area contributed by atoms with E-state index in [1.165, 1.54) is 6.08 Å². The zero-order chi connectivity index (χ0) is 19.8. The number of carbonyl (C=O) groups is 2. The van der Waals surface area contributed by atoms with E-state index < -0.39 is 5.97 Å². The number of ether oxygens (including phenoxy) is 1. The van der Waals surface area contributed by atoms with Gasteiger partial charge in [0.05, 0.1) is 0 Å². The van der Waals surface area contributed by atoms with E-state index in [9.17, 15) is 9.59 Å². The van der Waals surface area contributed by atoms with Crippen LogP contribution < -0.4 is 10.2 Å². The molecule has 2 rings (SSSR count). The molecule has 0 atom stereocenters. The van der Waals surface area contributed by atoms with Gasteiger partial charge in [0.1, 0.15) is 0 Å². The van der Waals surface area contributed by atoms with Gasteiger partial charge in [0.25, 0.3) is 5.91 Å². The van der Waals surface area contributed by atoms with E-state index >= 15 is 0 Å². The Labute approximate surface area is 164 Å². The molecular formula is C21H23ClN2O3. The Kier molecular flexibility index (Phi) is 7.44. The molecule has 5 nitrogen and oxygen atoms in total. The molecule has 0 bridgehead atoms. The van der Waals surface area contributed by atoms with Gasteiger partial charge in [-0.15, -0.1) is 0 Å². The van der Waals surface area contributed by atoms with Gasteiger partial charge in [0.2, 0.25) is 0 Å². The summed E-state index contributed by atoms with van der Waals surface area (Å²) in [6.07, 6.45) is 2.87. The molecule has 142 valence electrons. The van der Waals surface area contributed by atoms with Crippen molar-refractivity contribution in [1.82, 2.24) is 5.32 Å². The quantitative estimate of drug-likeness (QED) is 0.583. The van der Waals surface area contributed by atoms with Crippen LogP contribution in [0.4, 0.5) is 5.69 Å². The lowest BCUT2D eigenvalue weighted by Gasteiger charge is -2.12.